The Labute approximate surface area is 200 Å². The first-order valence-corrected chi connectivity index (χ1v) is 11.8. The smallest absolute Gasteiger partial charge is 0.307 e. The molecule has 178 valence electrons. The number of hydrogen-bond acceptors (Lipinski definition) is 6. The summed E-state index contributed by atoms with van der Waals surface area (Å²) in [5, 5.41) is 9.58. The third kappa shape index (κ3) is 5.71. The highest BCUT2D eigenvalue weighted by Crippen LogP contribution is 2.39. The molecule has 1 aliphatic heterocycles. The molecule has 0 amide bonds. The average Bonchev–Trinajstić information content (AvgIpc) is 2.82. The topological polar surface area (TPSA) is 88.4 Å². The predicted octanol–water partition coefficient (Wildman–Crippen LogP) is 4.72. The number of anilines is 1. The Kier molecular flexibility index (Phi) is 7.10. The van der Waals surface area contributed by atoms with E-state index in [1.54, 1.807) is 12.4 Å². The lowest BCUT2D eigenvalue weighted by atomic mass is 9.82. The van der Waals surface area contributed by atoms with E-state index in [9.17, 15) is 9.90 Å². The van der Waals surface area contributed by atoms with Gasteiger partial charge >= 0.3 is 5.97 Å². The Morgan fingerprint density at radius 3 is 2.53 bits per heavy atom. The molecule has 0 bridgehead atoms. The number of ether oxygens (including phenoxy) is 1. The van der Waals surface area contributed by atoms with E-state index in [1.807, 2.05) is 43.5 Å². The second-order valence-corrected chi connectivity index (χ2v) is 9.61. The second-order valence-electron chi connectivity index (χ2n) is 9.61. The van der Waals surface area contributed by atoms with Gasteiger partial charge in [0, 0.05) is 72.2 Å². The second kappa shape index (κ2) is 10.2. The summed E-state index contributed by atoms with van der Waals surface area (Å²) < 4.78 is 5.81. The van der Waals surface area contributed by atoms with Crippen molar-refractivity contribution in [3.63, 3.8) is 0 Å². The van der Waals surface area contributed by atoms with Crippen LogP contribution in [0.1, 0.15) is 43.6 Å². The molecule has 7 nitrogen and oxygen atoms in total. The van der Waals surface area contributed by atoms with Crippen LogP contribution in [-0.2, 0) is 17.6 Å². The Hall–Kier alpha value is -3.48. The van der Waals surface area contributed by atoms with Gasteiger partial charge in [0.25, 0.3) is 0 Å². The summed E-state index contributed by atoms with van der Waals surface area (Å²) in [5.41, 5.74) is 5.58. The minimum Gasteiger partial charge on any atom is -0.481 e. The van der Waals surface area contributed by atoms with E-state index < -0.39 is 5.97 Å². The molecule has 0 unspecified atom stereocenters. The van der Waals surface area contributed by atoms with Crippen molar-refractivity contribution in [3.8, 4) is 17.0 Å². The molecule has 3 aromatic heterocycles. The largest absolute Gasteiger partial charge is 0.481 e. The van der Waals surface area contributed by atoms with Gasteiger partial charge in [-0.05, 0) is 43.4 Å². The summed E-state index contributed by atoms with van der Waals surface area (Å²) in [6.07, 6.45) is 8.17. The minimum atomic E-state index is -0.851. The number of carbonyl (C=O) groups is 1. The molecule has 0 spiro atoms. The van der Waals surface area contributed by atoms with E-state index in [0.29, 0.717) is 24.3 Å². The highest BCUT2D eigenvalue weighted by molar-refractivity contribution is 5.84. The van der Waals surface area contributed by atoms with Crippen LogP contribution in [0.15, 0.2) is 48.9 Å². The first kappa shape index (κ1) is 23.7. The van der Waals surface area contributed by atoms with Crippen molar-refractivity contribution in [1.29, 1.82) is 0 Å². The summed E-state index contributed by atoms with van der Waals surface area (Å²) in [6.45, 7) is 8.73. The molecule has 4 heterocycles. The van der Waals surface area contributed by atoms with Gasteiger partial charge in [0.05, 0.1) is 18.7 Å². The molecule has 1 N–H and O–H groups in total. The van der Waals surface area contributed by atoms with Gasteiger partial charge in [-0.15, -0.1) is 0 Å². The number of nitrogens with zero attached hydrogens (tertiary/aromatic N) is 4. The number of aryl methyl sites for hydroxylation is 1. The highest BCUT2D eigenvalue weighted by atomic mass is 16.5. The van der Waals surface area contributed by atoms with Gasteiger partial charge in [-0.1, -0.05) is 19.9 Å². The Morgan fingerprint density at radius 1 is 1.09 bits per heavy atom. The van der Waals surface area contributed by atoms with Gasteiger partial charge in [0.1, 0.15) is 0 Å². The van der Waals surface area contributed by atoms with Crippen molar-refractivity contribution < 1.29 is 14.6 Å². The summed E-state index contributed by atoms with van der Waals surface area (Å²) in [5.74, 6) is -0.304. The Morgan fingerprint density at radius 2 is 1.88 bits per heavy atom. The molecule has 0 atom stereocenters. The first-order valence-electron chi connectivity index (χ1n) is 11.8. The zero-order valence-electron chi connectivity index (χ0n) is 20.1. The van der Waals surface area contributed by atoms with Gasteiger partial charge < -0.3 is 14.7 Å². The lowest BCUT2D eigenvalue weighted by Gasteiger charge is -2.40. The molecule has 0 saturated carbocycles. The first-order chi connectivity index (χ1) is 16.3. The maximum absolute atomic E-state index is 11.7. The fourth-order valence-electron chi connectivity index (χ4n) is 4.34. The van der Waals surface area contributed by atoms with Crippen LogP contribution in [0.4, 0.5) is 5.69 Å². The third-order valence-electron chi connectivity index (χ3n) is 6.51. The minimum absolute atomic E-state index is 0.0515. The molecule has 1 saturated heterocycles. The predicted molar refractivity (Wildman–Crippen MR) is 132 cm³/mol. The fraction of sp³-hybridized carbons (Fsp3) is 0.407. The van der Waals surface area contributed by atoms with Crippen molar-refractivity contribution in [2.75, 3.05) is 24.6 Å². The average molecular weight is 461 g/mol. The van der Waals surface area contributed by atoms with E-state index in [2.05, 4.69) is 33.7 Å². The number of aromatic nitrogens is 3. The van der Waals surface area contributed by atoms with E-state index in [0.717, 1.165) is 59.7 Å². The van der Waals surface area contributed by atoms with Gasteiger partial charge in [-0.25, -0.2) is 4.98 Å². The number of pyridine rings is 3. The molecular formula is C27H32N4O3. The van der Waals surface area contributed by atoms with Crippen molar-refractivity contribution in [1.82, 2.24) is 15.0 Å². The van der Waals surface area contributed by atoms with E-state index in [4.69, 9.17) is 4.74 Å². The molecule has 7 heteroatoms. The molecule has 1 aliphatic rings. The number of rotatable bonds is 8. The molecule has 0 aliphatic carbocycles. The zero-order valence-corrected chi connectivity index (χ0v) is 20.1. The number of carboxylic acid groups (broad SMARTS) is 1. The summed E-state index contributed by atoms with van der Waals surface area (Å²) in [6, 6.07) is 9.66. The van der Waals surface area contributed by atoms with Gasteiger partial charge in [0.15, 0.2) is 0 Å². The van der Waals surface area contributed by atoms with Crippen molar-refractivity contribution in [3.05, 3.63) is 65.9 Å². The van der Waals surface area contributed by atoms with Gasteiger partial charge in [0.2, 0.25) is 5.88 Å². The van der Waals surface area contributed by atoms with E-state index >= 15 is 0 Å². The van der Waals surface area contributed by atoms with Crippen molar-refractivity contribution in [2.45, 2.75) is 46.5 Å². The zero-order chi connectivity index (χ0) is 24.1. The van der Waals surface area contributed by atoms with E-state index in [-0.39, 0.29) is 6.42 Å². The number of carboxylic acids is 1. The van der Waals surface area contributed by atoms with Crippen LogP contribution in [0.25, 0.3) is 11.1 Å². The van der Waals surface area contributed by atoms with Crippen LogP contribution in [0.2, 0.25) is 0 Å². The van der Waals surface area contributed by atoms with Gasteiger partial charge in [-0.3, -0.25) is 14.8 Å². The fourth-order valence-corrected chi connectivity index (χ4v) is 4.34. The highest BCUT2D eigenvalue weighted by Gasteiger charge is 2.29. The maximum Gasteiger partial charge on any atom is 0.307 e. The van der Waals surface area contributed by atoms with Crippen LogP contribution in [0.3, 0.4) is 0 Å². The normalized spacial score (nSPS) is 15.2. The lowest BCUT2D eigenvalue weighted by Crippen LogP contribution is -2.38. The van der Waals surface area contributed by atoms with Crippen molar-refractivity contribution in [2.24, 2.45) is 5.41 Å². The van der Waals surface area contributed by atoms with Gasteiger partial charge in [-0.2, -0.15) is 0 Å². The lowest BCUT2D eigenvalue weighted by molar-refractivity contribution is -0.136. The summed E-state index contributed by atoms with van der Waals surface area (Å²) >= 11 is 0. The van der Waals surface area contributed by atoms with Crippen LogP contribution >= 0.6 is 0 Å². The molecule has 3 aromatic rings. The summed E-state index contributed by atoms with van der Waals surface area (Å²) in [4.78, 5) is 27.4. The van der Waals surface area contributed by atoms with Crippen LogP contribution in [0.5, 0.6) is 5.88 Å². The molecule has 0 aromatic carbocycles. The van der Waals surface area contributed by atoms with Crippen LogP contribution in [-0.4, -0.2) is 45.7 Å². The van der Waals surface area contributed by atoms with Crippen LogP contribution < -0.4 is 9.64 Å². The SMILES string of the molecule is Cc1ncc(-c2ccc(OCCc3ccccn3)nc2)c(N2CCC(C)(C)CC2)c1CC(=O)O. The van der Waals surface area contributed by atoms with E-state index in [1.165, 1.54) is 0 Å². The summed E-state index contributed by atoms with van der Waals surface area (Å²) in [7, 11) is 0. The Balaban J connectivity index is 1.58. The monoisotopic (exact) mass is 460 g/mol. The number of aliphatic carboxylic acids is 1. The Bertz CT molecular complexity index is 1120. The van der Waals surface area contributed by atoms with Crippen molar-refractivity contribution >= 4 is 11.7 Å². The quantitative estimate of drug-likeness (QED) is 0.520. The molecule has 4 rings (SSSR count). The molecule has 1 fully saturated rings. The standard InChI is InChI=1S/C27H32N4O3/c1-19-22(16-25(32)33)26(31-13-10-27(2,3)11-14-31)23(18-29-19)20-7-8-24(30-17-20)34-15-9-21-6-4-5-12-28-21/h4-8,12,17-18H,9-11,13-16H2,1-3H3,(H,32,33). The van der Waals surface area contributed by atoms with Crippen LogP contribution in [0, 0.1) is 12.3 Å². The third-order valence-corrected chi connectivity index (χ3v) is 6.51. The molecular weight excluding hydrogens is 428 g/mol. The maximum atomic E-state index is 11.7. The number of hydrogen-bond donors (Lipinski definition) is 1. The number of piperidine rings is 1. The molecule has 0 radical (unpaired) electrons. The molecule has 34 heavy (non-hydrogen) atoms.